The predicted molar refractivity (Wildman–Crippen MR) is 90.3 cm³/mol. The lowest BCUT2D eigenvalue weighted by Crippen LogP contribution is -2.19. The molecule has 1 unspecified atom stereocenters. The van der Waals surface area contributed by atoms with Crippen LogP contribution in [0.1, 0.15) is 31.4 Å². The standard InChI is InChI=1S/C20H21FO3/c1-14(12-17-4-3-5-18(21)13-17)20(23)24-19-10-8-16(9-11-19)7-6-15(2)22/h3-5,8-11,13-14H,6-7,12H2,1-2H3. The fourth-order valence-electron chi connectivity index (χ4n) is 2.36. The quantitative estimate of drug-likeness (QED) is 0.567. The SMILES string of the molecule is CC(=O)CCc1ccc(OC(=O)C(C)Cc2cccc(F)c2)cc1. The van der Waals surface area contributed by atoms with Crippen LogP contribution in [-0.2, 0) is 22.4 Å². The maximum absolute atomic E-state index is 13.2. The van der Waals surface area contributed by atoms with Gasteiger partial charge in [0.1, 0.15) is 17.3 Å². The smallest absolute Gasteiger partial charge is 0.314 e. The van der Waals surface area contributed by atoms with Crippen molar-refractivity contribution < 1.29 is 18.7 Å². The van der Waals surface area contributed by atoms with Crippen molar-refractivity contribution in [1.29, 1.82) is 0 Å². The molecule has 0 saturated heterocycles. The van der Waals surface area contributed by atoms with Gasteiger partial charge in [0.05, 0.1) is 5.92 Å². The lowest BCUT2D eigenvalue weighted by Gasteiger charge is -2.12. The number of benzene rings is 2. The summed E-state index contributed by atoms with van der Waals surface area (Å²) in [7, 11) is 0. The number of rotatable bonds is 7. The van der Waals surface area contributed by atoms with E-state index >= 15 is 0 Å². The van der Waals surface area contributed by atoms with Crippen molar-refractivity contribution >= 4 is 11.8 Å². The van der Waals surface area contributed by atoms with Gasteiger partial charge in [0.25, 0.3) is 0 Å². The molecule has 126 valence electrons. The molecule has 0 fully saturated rings. The van der Waals surface area contributed by atoms with E-state index in [1.54, 1.807) is 38.1 Å². The normalized spacial score (nSPS) is 11.8. The van der Waals surface area contributed by atoms with E-state index in [9.17, 15) is 14.0 Å². The van der Waals surface area contributed by atoms with Crippen molar-refractivity contribution in [3.05, 3.63) is 65.5 Å². The largest absolute Gasteiger partial charge is 0.426 e. The molecule has 0 saturated carbocycles. The van der Waals surface area contributed by atoms with Crippen LogP contribution < -0.4 is 4.74 Å². The minimum atomic E-state index is -0.371. The highest BCUT2D eigenvalue weighted by atomic mass is 19.1. The number of halogens is 1. The summed E-state index contributed by atoms with van der Waals surface area (Å²) in [5.41, 5.74) is 1.79. The van der Waals surface area contributed by atoms with Gasteiger partial charge in [-0.25, -0.2) is 4.39 Å². The number of carbonyl (C=O) groups is 2. The van der Waals surface area contributed by atoms with E-state index in [4.69, 9.17) is 4.74 Å². The first kappa shape index (κ1) is 17.9. The Bertz CT molecular complexity index is 707. The van der Waals surface area contributed by atoms with Crippen LogP contribution in [0.2, 0.25) is 0 Å². The average Bonchev–Trinajstić information content (AvgIpc) is 2.54. The number of ketones is 1. The fourth-order valence-corrected chi connectivity index (χ4v) is 2.36. The molecule has 0 aliphatic carbocycles. The van der Waals surface area contributed by atoms with Gasteiger partial charge in [-0.2, -0.15) is 0 Å². The van der Waals surface area contributed by atoms with Crippen molar-refractivity contribution in [2.75, 3.05) is 0 Å². The van der Waals surface area contributed by atoms with Gasteiger partial charge in [-0.3, -0.25) is 4.79 Å². The van der Waals surface area contributed by atoms with Gasteiger partial charge in [-0.1, -0.05) is 31.2 Å². The van der Waals surface area contributed by atoms with E-state index in [0.717, 1.165) is 11.1 Å². The molecule has 24 heavy (non-hydrogen) atoms. The predicted octanol–water partition coefficient (Wildman–Crippen LogP) is 4.13. The van der Waals surface area contributed by atoms with Gasteiger partial charge < -0.3 is 9.53 Å². The molecule has 3 nitrogen and oxygen atoms in total. The van der Waals surface area contributed by atoms with Crippen LogP contribution in [-0.4, -0.2) is 11.8 Å². The van der Waals surface area contributed by atoms with E-state index in [2.05, 4.69) is 0 Å². The number of hydrogen-bond acceptors (Lipinski definition) is 3. The summed E-state index contributed by atoms with van der Waals surface area (Å²) in [6.07, 6.45) is 1.61. The highest BCUT2D eigenvalue weighted by molar-refractivity contribution is 5.76. The van der Waals surface area contributed by atoms with Crippen LogP contribution in [0.4, 0.5) is 4.39 Å². The third kappa shape index (κ3) is 5.61. The van der Waals surface area contributed by atoms with Crippen molar-refractivity contribution in [2.45, 2.75) is 33.1 Å². The summed E-state index contributed by atoms with van der Waals surface area (Å²) in [6.45, 7) is 3.32. The molecule has 0 heterocycles. The molecule has 0 spiro atoms. The third-order valence-corrected chi connectivity index (χ3v) is 3.74. The van der Waals surface area contributed by atoms with Crippen molar-refractivity contribution in [3.8, 4) is 5.75 Å². The number of Topliss-reactive ketones (excluding diaryl/α,β-unsaturated/α-hetero) is 1. The first-order valence-electron chi connectivity index (χ1n) is 7.98. The van der Waals surface area contributed by atoms with Crippen LogP contribution in [0.3, 0.4) is 0 Å². The molecule has 0 aliphatic rings. The number of carbonyl (C=O) groups excluding carboxylic acids is 2. The molecule has 2 aromatic rings. The van der Waals surface area contributed by atoms with Gasteiger partial charge >= 0.3 is 5.97 Å². The highest BCUT2D eigenvalue weighted by Crippen LogP contribution is 2.17. The lowest BCUT2D eigenvalue weighted by molar-refractivity contribution is -0.138. The van der Waals surface area contributed by atoms with Gasteiger partial charge in [0.2, 0.25) is 0 Å². The van der Waals surface area contributed by atoms with Gasteiger partial charge in [-0.05, 0) is 55.2 Å². The molecular weight excluding hydrogens is 307 g/mol. The van der Waals surface area contributed by atoms with E-state index in [1.165, 1.54) is 12.1 Å². The topological polar surface area (TPSA) is 43.4 Å². The second kappa shape index (κ2) is 8.39. The molecule has 0 aliphatic heterocycles. The Morgan fingerprint density at radius 2 is 1.79 bits per heavy atom. The van der Waals surface area contributed by atoms with Gasteiger partial charge in [0, 0.05) is 6.42 Å². The second-order valence-corrected chi connectivity index (χ2v) is 6.00. The van der Waals surface area contributed by atoms with Crippen molar-refractivity contribution in [2.24, 2.45) is 5.92 Å². The Balaban J connectivity index is 1.90. The van der Waals surface area contributed by atoms with Crippen LogP contribution in [0, 0.1) is 11.7 Å². The average molecular weight is 328 g/mol. The molecule has 0 radical (unpaired) electrons. The first-order chi connectivity index (χ1) is 11.4. The molecule has 4 heteroatoms. The van der Waals surface area contributed by atoms with Crippen LogP contribution >= 0.6 is 0 Å². The molecule has 0 aromatic heterocycles. The van der Waals surface area contributed by atoms with Gasteiger partial charge in [-0.15, -0.1) is 0 Å². The first-order valence-corrected chi connectivity index (χ1v) is 7.98. The summed E-state index contributed by atoms with van der Waals surface area (Å²) >= 11 is 0. The zero-order valence-corrected chi connectivity index (χ0v) is 13.9. The molecule has 0 N–H and O–H groups in total. The van der Waals surface area contributed by atoms with Crippen LogP contribution in [0.25, 0.3) is 0 Å². The molecule has 2 aromatic carbocycles. The Kier molecular flexibility index (Phi) is 6.24. The summed E-state index contributed by atoms with van der Waals surface area (Å²) in [6, 6.07) is 13.4. The van der Waals surface area contributed by atoms with E-state index in [0.29, 0.717) is 25.0 Å². The summed E-state index contributed by atoms with van der Waals surface area (Å²) < 4.78 is 18.5. The Morgan fingerprint density at radius 3 is 2.42 bits per heavy atom. The monoisotopic (exact) mass is 328 g/mol. The summed E-state index contributed by atoms with van der Waals surface area (Å²) in [5, 5.41) is 0. The fraction of sp³-hybridized carbons (Fsp3) is 0.300. The second-order valence-electron chi connectivity index (χ2n) is 6.00. The minimum Gasteiger partial charge on any atom is -0.426 e. The zero-order chi connectivity index (χ0) is 17.5. The lowest BCUT2D eigenvalue weighted by atomic mass is 10.0. The number of ether oxygens (including phenoxy) is 1. The number of esters is 1. The van der Waals surface area contributed by atoms with Crippen LogP contribution in [0.15, 0.2) is 48.5 Å². The highest BCUT2D eigenvalue weighted by Gasteiger charge is 2.16. The molecule has 2 rings (SSSR count). The zero-order valence-electron chi connectivity index (χ0n) is 13.9. The van der Waals surface area contributed by atoms with Crippen molar-refractivity contribution in [3.63, 3.8) is 0 Å². The summed E-state index contributed by atoms with van der Waals surface area (Å²) in [5.74, 6) is -0.413. The van der Waals surface area contributed by atoms with E-state index < -0.39 is 0 Å². The van der Waals surface area contributed by atoms with Crippen LogP contribution in [0.5, 0.6) is 5.75 Å². The maximum Gasteiger partial charge on any atom is 0.314 e. The van der Waals surface area contributed by atoms with Gasteiger partial charge in [0.15, 0.2) is 0 Å². The number of hydrogen-bond donors (Lipinski definition) is 0. The van der Waals surface area contributed by atoms with E-state index in [-0.39, 0.29) is 23.5 Å². The molecule has 0 bridgehead atoms. The minimum absolute atomic E-state index is 0.150. The maximum atomic E-state index is 13.2. The molecule has 0 amide bonds. The Labute approximate surface area is 141 Å². The Morgan fingerprint density at radius 1 is 1.08 bits per heavy atom. The molecule has 1 atom stereocenters. The third-order valence-electron chi connectivity index (χ3n) is 3.74. The Hall–Kier alpha value is -2.49. The van der Waals surface area contributed by atoms with E-state index in [1.807, 2.05) is 12.1 Å². The summed E-state index contributed by atoms with van der Waals surface area (Å²) in [4.78, 5) is 23.1. The molecular formula is C20H21FO3. The van der Waals surface area contributed by atoms with Crippen molar-refractivity contribution in [1.82, 2.24) is 0 Å². The number of aryl methyl sites for hydroxylation is 1.